The van der Waals surface area contributed by atoms with Gasteiger partial charge in [-0.25, -0.2) is 0 Å². The van der Waals surface area contributed by atoms with Crippen molar-refractivity contribution < 1.29 is 27.8 Å². The highest BCUT2D eigenvalue weighted by Gasteiger charge is 2.31. The van der Waals surface area contributed by atoms with Crippen LogP contribution in [-0.4, -0.2) is 54.5 Å². The molecule has 1 rings (SSSR count). The van der Waals surface area contributed by atoms with Crippen LogP contribution in [0.4, 0.5) is 13.2 Å². The van der Waals surface area contributed by atoms with Crippen LogP contribution >= 0.6 is 0 Å². The fourth-order valence-corrected chi connectivity index (χ4v) is 2.07. The summed E-state index contributed by atoms with van der Waals surface area (Å²) in [6, 6.07) is 0. The number of aliphatic carboxylic acids is 1. The zero-order valence-corrected chi connectivity index (χ0v) is 10.1. The lowest BCUT2D eigenvalue weighted by molar-refractivity contribution is -0.154. The lowest BCUT2D eigenvalue weighted by atomic mass is 10.1. The van der Waals surface area contributed by atoms with Crippen molar-refractivity contribution in [3.63, 3.8) is 0 Å². The van der Waals surface area contributed by atoms with Crippen LogP contribution in [0.25, 0.3) is 0 Å². The molecular weight excluding hydrogens is 251 g/mol. The normalized spacial score (nSPS) is 20.6. The maximum absolute atomic E-state index is 12.2. The Hall–Kier alpha value is -0.820. The van der Waals surface area contributed by atoms with Gasteiger partial charge < -0.3 is 9.84 Å². The standard InChI is InChI=1S/C11H18F3NO3/c12-11(13,14)8-15(7-10(16)17)5-1-3-9-4-2-6-18-9/h9H,1-8H2,(H,16,17). The molecule has 0 amide bonds. The number of carboxylic acids is 1. The monoisotopic (exact) mass is 269 g/mol. The minimum Gasteiger partial charge on any atom is -0.480 e. The predicted molar refractivity (Wildman–Crippen MR) is 58.3 cm³/mol. The molecule has 4 nitrogen and oxygen atoms in total. The van der Waals surface area contributed by atoms with E-state index in [-0.39, 0.29) is 12.6 Å². The number of carbonyl (C=O) groups is 1. The van der Waals surface area contributed by atoms with Crippen LogP contribution in [0.2, 0.25) is 0 Å². The van der Waals surface area contributed by atoms with Gasteiger partial charge in [-0.1, -0.05) is 0 Å². The van der Waals surface area contributed by atoms with Crippen LogP contribution in [0.3, 0.4) is 0 Å². The van der Waals surface area contributed by atoms with E-state index in [0.717, 1.165) is 17.7 Å². The Morgan fingerprint density at radius 3 is 2.67 bits per heavy atom. The van der Waals surface area contributed by atoms with Crippen LogP contribution in [-0.2, 0) is 9.53 Å². The molecule has 7 heteroatoms. The van der Waals surface area contributed by atoms with Gasteiger partial charge in [-0.05, 0) is 32.2 Å². The summed E-state index contributed by atoms with van der Waals surface area (Å²) in [6.45, 7) is -0.909. The van der Waals surface area contributed by atoms with Crippen LogP contribution in [0.15, 0.2) is 0 Å². The first-order valence-electron chi connectivity index (χ1n) is 5.99. The summed E-state index contributed by atoms with van der Waals surface area (Å²) in [6.07, 6.45) is -1.09. The zero-order valence-electron chi connectivity index (χ0n) is 10.1. The summed E-state index contributed by atoms with van der Waals surface area (Å²) in [5.74, 6) is -1.24. The molecule has 1 fully saturated rings. The Labute approximate surface area is 104 Å². The largest absolute Gasteiger partial charge is 0.480 e. The van der Waals surface area contributed by atoms with Gasteiger partial charge in [0.1, 0.15) is 0 Å². The lowest BCUT2D eigenvalue weighted by Gasteiger charge is -2.22. The van der Waals surface area contributed by atoms with Crippen LogP contribution in [0.1, 0.15) is 25.7 Å². The minimum atomic E-state index is -4.36. The maximum Gasteiger partial charge on any atom is 0.401 e. The van der Waals surface area contributed by atoms with Crippen molar-refractivity contribution >= 4 is 5.97 Å². The highest BCUT2D eigenvalue weighted by Crippen LogP contribution is 2.19. The second-order valence-corrected chi connectivity index (χ2v) is 4.50. The molecule has 0 aromatic rings. The fourth-order valence-electron chi connectivity index (χ4n) is 2.07. The highest BCUT2D eigenvalue weighted by atomic mass is 19.4. The molecule has 0 spiro atoms. The van der Waals surface area contributed by atoms with Gasteiger partial charge >= 0.3 is 12.1 Å². The average Bonchev–Trinajstić information content (AvgIpc) is 2.66. The average molecular weight is 269 g/mol. The summed E-state index contributed by atoms with van der Waals surface area (Å²) in [5.41, 5.74) is 0. The van der Waals surface area contributed by atoms with Gasteiger partial charge in [0, 0.05) is 6.61 Å². The van der Waals surface area contributed by atoms with Crippen LogP contribution < -0.4 is 0 Å². The van der Waals surface area contributed by atoms with Crippen LogP contribution in [0.5, 0.6) is 0 Å². The number of halogens is 3. The van der Waals surface area contributed by atoms with Crippen molar-refractivity contribution in [2.45, 2.75) is 38.0 Å². The van der Waals surface area contributed by atoms with E-state index >= 15 is 0 Å². The summed E-state index contributed by atoms with van der Waals surface area (Å²) < 4.78 is 42.0. The maximum atomic E-state index is 12.2. The molecule has 0 saturated carbocycles. The molecule has 1 unspecified atom stereocenters. The van der Waals surface area contributed by atoms with E-state index in [2.05, 4.69) is 0 Å². The van der Waals surface area contributed by atoms with Gasteiger partial charge in [0.05, 0.1) is 19.2 Å². The third kappa shape index (κ3) is 6.80. The number of hydrogen-bond donors (Lipinski definition) is 1. The quantitative estimate of drug-likeness (QED) is 0.767. The molecule has 1 aliphatic rings. The Morgan fingerprint density at radius 1 is 1.44 bits per heavy atom. The molecule has 1 heterocycles. The number of hydrogen-bond acceptors (Lipinski definition) is 3. The van der Waals surface area contributed by atoms with Crippen molar-refractivity contribution in [3.05, 3.63) is 0 Å². The van der Waals surface area contributed by atoms with Crippen molar-refractivity contribution in [1.29, 1.82) is 0 Å². The van der Waals surface area contributed by atoms with Gasteiger partial charge in [0.25, 0.3) is 0 Å². The molecule has 1 atom stereocenters. The Kier molecular flexibility index (Phi) is 5.87. The Balaban J connectivity index is 2.28. The summed E-state index contributed by atoms with van der Waals surface area (Å²) >= 11 is 0. The van der Waals surface area contributed by atoms with E-state index in [1.807, 2.05) is 0 Å². The van der Waals surface area contributed by atoms with E-state index in [1.54, 1.807) is 0 Å². The first kappa shape index (κ1) is 15.2. The third-order valence-electron chi connectivity index (χ3n) is 2.79. The van der Waals surface area contributed by atoms with E-state index in [4.69, 9.17) is 9.84 Å². The Morgan fingerprint density at radius 2 is 2.17 bits per heavy atom. The molecule has 1 aliphatic heterocycles. The summed E-state index contributed by atoms with van der Waals surface area (Å²) in [5, 5.41) is 8.56. The van der Waals surface area contributed by atoms with E-state index < -0.39 is 25.2 Å². The molecule has 0 bridgehead atoms. The molecule has 0 aromatic heterocycles. The van der Waals surface area contributed by atoms with E-state index in [1.165, 1.54) is 0 Å². The molecule has 1 saturated heterocycles. The SMILES string of the molecule is O=C(O)CN(CCCC1CCCO1)CC(F)(F)F. The summed E-state index contributed by atoms with van der Waals surface area (Å²) in [4.78, 5) is 11.4. The van der Waals surface area contributed by atoms with Gasteiger partial charge in [-0.3, -0.25) is 9.69 Å². The molecule has 0 aromatic carbocycles. The number of alkyl halides is 3. The van der Waals surface area contributed by atoms with Crippen molar-refractivity contribution in [1.82, 2.24) is 4.90 Å². The molecule has 106 valence electrons. The number of carboxylic acid groups (broad SMARTS) is 1. The molecule has 0 radical (unpaired) electrons. The molecule has 1 N–H and O–H groups in total. The Bertz CT molecular complexity index is 265. The number of nitrogens with zero attached hydrogens (tertiary/aromatic N) is 1. The van der Waals surface area contributed by atoms with Gasteiger partial charge in [-0.15, -0.1) is 0 Å². The number of ether oxygens (including phenoxy) is 1. The first-order valence-corrected chi connectivity index (χ1v) is 5.99. The molecule has 18 heavy (non-hydrogen) atoms. The fraction of sp³-hybridized carbons (Fsp3) is 0.909. The third-order valence-corrected chi connectivity index (χ3v) is 2.79. The van der Waals surface area contributed by atoms with E-state index in [0.29, 0.717) is 19.4 Å². The van der Waals surface area contributed by atoms with Crippen molar-refractivity contribution in [2.24, 2.45) is 0 Å². The smallest absolute Gasteiger partial charge is 0.401 e. The van der Waals surface area contributed by atoms with Gasteiger partial charge in [0.2, 0.25) is 0 Å². The topological polar surface area (TPSA) is 49.8 Å². The van der Waals surface area contributed by atoms with Gasteiger partial charge in [-0.2, -0.15) is 13.2 Å². The highest BCUT2D eigenvalue weighted by molar-refractivity contribution is 5.69. The predicted octanol–water partition coefficient (Wildman–Crippen LogP) is 1.89. The van der Waals surface area contributed by atoms with Crippen molar-refractivity contribution in [3.8, 4) is 0 Å². The summed E-state index contributed by atoms with van der Waals surface area (Å²) in [7, 11) is 0. The molecular formula is C11H18F3NO3. The van der Waals surface area contributed by atoms with Crippen molar-refractivity contribution in [2.75, 3.05) is 26.2 Å². The second-order valence-electron chi connectivity index (χ2n) is 4.50. The van der Waals surface area contributed by atoms with Crippen LogP contribution in [0, 0.1) is 0 Å². The number of rotatable bonds is 7. The lowest BCUT2D eigenvalue weighted by Crippen LogP contribution is -2.38. The first-order chi connectivity index (χ1) is 8.37. The molecule has 0 aliphatic carbocycles. The zero-order chi connectivity index (χ0) is 13.6. The second kappa shape index (κ2) is 6.94. The van der Waals surface area contributed by atoms with Gasteiger partial charge in [0.15, 0.2) is 0 Å². The van der Waals surface area contributed by atoms with E-state index in [9.17, 15) is 18.0 Å². The minimum absolute atomic E-state index is 0.127.